The van der Waals surface area contributed by atoms with Gasteiger partial charge in [-0.3, -0.25) is 14.2 Å². The fourth-order valence-electron chi connectivity index (χ4n) is 3.58. The molecule has 10 nitrogen and oxygen atoms in total. The molecular weight excluding hydrogens is 433 g/mol. The van der Waals surface area contributed by atoms with Crippen molar-refractivity contribution in [3.8, 4) is 0 Å². The third kappa shape index (κ3) is 3.46. The highest BCUT2D eigenvalue weighted by Crippen LogP contribution is 2.26. The first-order valence-corrected chi connectivity index (χ1v) is 9.98. The molecule has 0 radical (unpaired) electrons. The smallest absolute Gasteiger partial charge is 0.332 e. The minimum absolute atomic E-state index is 0.276. The first-order valence-electron chi connectivity index (χ1n) is 9.22. The number of aromatic nitrogens is 5. The average molecular weight is 452 g/mol. The number of piperazine rings is 1. The quantitative estimate of drug-likeness (QED) is 0.574. The van der Waals surface area contributed by atoms with Crippen LogP contribution in [-0.2, 0) is 25.4 Å². The van der Waals surface area contributed by atoms with Crippen molar-refractivity contribution in [2.24, 2.45) is 14.1 Å². The van der Waals surface area contributed by atoms with Crippen molar-refractivity contribution in [2.75, 3.05) is 31.1 Å². The molecule has 1 fully saturated rings. The lowest BCUT2D eigenvalue weighted by Gasteiger charge is -2.35. The minimum Gasteiger partial charge on any atom is -0.352 e. The summed E-state index contributed by atoms with van der Waals surface area (Å²) in [5, 5.41) is 0.900. The van der Waals surface area contributed by atoms with E-state index < -0.39 is 11.2 Å². The molecule has 1 saturated heterocycles. The maximum Gasteiger partial charge on any atom is 0.332 e. The summed E-state index contributed by atoms with van der Waals surface area (Å²) in [6.07, 6.45) is 2.99. The van der Waals surface area contributed by atoms with E-state index >= 15 is 0 Å². The molecule has 0 saturated carbocycles. The van der Waals surface area contributed by atoms with Crippen molar-refractivity contribution in [1.82, 2.24) is 28.6 Å². The van der Waals surface area contributed by atoms with Crippen LogP contribution in [0, 0.1) is 0 Å². The van der Waals surface area contributed by atoms with Crippen LogP contribution in [0.3, 0.4) is 0 Å². The molecule has 1 aliphatic rings. The van der Waals surface area contributed by atoms with E-state index in [9.17, 15) is 14.4 Å². The van der Waals surface area contributed by atoms with Crippen molar-refractivity contribution in [3.05, 3.63) is 49.5 Å². The second-order valence-electron chi connectivity index (χ2n) is 7.09. The zero-order chi connectivity index (χ0) is 21.6. The Labute approximate surface area is 180 Å². The molecule has 1 aliphatic heterocycles. The van der Waals surface area contributed by atoms with Crippen LogP contribution in [0.4, 0.5) is 5.82 Å². The number of fused-ring (bicyclic) bond motifs is 1. The Hall–Kier alpha value is -2.85. The van der Waals surface area contributed by atoms with Crippen LogP contribution in [0.15, 0.2) is 28.2 Å². The molecule has 0 bridgehead atoms. The Bertz CT molecular complexity index is 1260. The van der Waals surface area contributed by atoms with E-state index in [2.05, 4.69) is 9.97 Å². The zero-order valence-corrected chi connectivity index (χ0v) is 17.9. The van der Waals surface area contributed by atoms with E-state index in [1.165, 1.54) is 24.1 Å². The van der Waals surface area contributed by atoms with Crippen LogP contribution in [0.1, 0.15) is 0 Å². The molecule has 0 spiro atoms. The highest BCUT2D eigenvalue weighted by atomic mass is 35.5. The lowest BCUT2D eigenvalue weighted by molar-refractivity contribution is -0.132. The summed E-state index contributed by atoms with van der Waals surface area (Å²) in [6.45, 7) is 1.55. The van der Waals surface area contributed by atoms with Gasteiger partial charge in [-0.1, -0.05) is 23.2 Å². The van der Waals surface area contributed by atoms with Crippen molar-refractivity contribution in [2.45, 2.75) is 6.54 Å². The molecular formula is C18H19Cl2N7O3. The summed E-state index contributed by atoms with van der Waals surface area (Å²) >= 11 is 12.1. The first kappa shape index (κ1) is 20.4. The molecule has 30 heavy (non-hydrogen) atoms. The molecule has 0 atom stereocenters. The number of carbonyl (C=O) groups excluding carboxylic acids is 1. The second kappa shape index (κ2) is 7.77. The van der Waals surface area contributed by atoms with E-state index in [-0.39, 0.29) is 23.6 Å². The van der Waals surface area contributed by atoms with Gasteiger partial charge < -0.3 is 14.4 Å². The van der Waals surface area contributed by atoms with Crippen LogP contribution >= 0.6 is 23.2 Å². The summed E-state index contributed by atoms with van der Waals surface area (Å²) in [5.74, 6) is 0.311. The Morgan fingerprint density at radius 3 is 2.47 bits per heavy atom. The highest BCUT2D eigenvalue weighted by molar-refractivity contribution is 6.36. The van der Waals surface area contributed by atoms with Gasteiger partial charge in [-0.25, -0.2) is 19.3 Å². The number of anilines is 1. The van der Waals surface area contributed by atoms with Gasteiger partial charge >= 0.3 is 5.69 Å². The lowest BCUT2D eigenvalue weighted by Crippen LogP contribution is -2.51. The summed E-state index contributed by atoms with van der Waals surface area (Å²) in [7, 11) is 3.20. The van der Waals surface area contributed by atoms with Crippen LogP contribution in [-0.4, -0.2) is 60.7 Å². The zero-order valence-electron chi connectivity index (χ0n) is 16.4. The van der Waals surface area contributed by atoms with E-state index in [0.717, 1.165) is 4.57 Å². The van der Waals surface area contributed by atoms with Gasteiger partial charge in [0, 0.05) is 46.5 Å². The summed E-state index contributed by atoms with van der Waals surface area (Å²) in [4.78, 5) is 50.1. The minimum atomic E-state index is -0.574. The van der Waals surface area contributed by atoms with Gasteiger partial charge in [0.1, 0.15) is 12.4 Å². The Morgan fingerprint density at radius 2 is 1.80 bits per heavy atom. The van der Waals surface area contributed by atoms with Crippen LogP contribution in [0.25, 0.3) is 11.2 Å². The van der Waals surface area contributed by atoms with Crippen LogP contribution < -0.4 is 16.1 Å². The topological polar surface area (TPSA) is 98.3 Å². The molecule has 12 heteroatoms. The Kier molecular flexibility index (Phi) is 5.29. The molecule has 0 aromatic carbocycles. The third-order valence-corrected chi connectivity index (χ3v) is 5.70. The lowest BCUT2D eigenvalue weighted by atomic mass is 10.3. The van der Waals surface area contributed by atoms with Crippen LogP contribution in [0.2, 0.25) is 10.0 Å². The van der Waals surface area contributed by atoms with Gasteiger partial charge in [-0.15, -0.1) is 0 Å². The molecule has 4 rings (SSSR count). The SMILES string of the molecule is Cn1cnc2c1c(=O)n(CC(=O)N1CCN(c3ncc(Cl)cc3Cl)CC1)c(=O)n2C. The number of rotatable bonds is 3. The highest BCUT2D eigenvalue weighted by Gasteiger charge is 2.25. The predicted octanol–water partition coefficient (Wildman–Crippen LogP) is 0.484. The number of nitrogens with zero attached hydrogens (tertiary/aromatic N) is 7. The number of hydrogen-bond donors (Lipinski definition) is 0. The second-order valence-corrected chi connectivity index (χ2v) is 7.93. The van der Waals surface area contributed by atoms with Gasteiger partial charge in [-0.05, 0) is 6.07 Å². The van der Waals surface area contributed by atoms with Gasteiger partial charge in [0.05, 0.1) is 16.4 Å². The molecule has 1 amide bonds. The monoisotopic (exact) mass is 451 g/mol. The normalized spacial score (nSPS) is 14.5. The van der Waals surface area contributed by atoms with Gasteiger partial charge in [-0.2, -0.15) is 0 Å². The average Bonchev–Trinajstić information content (AvgIpc) is 3.11. The van der Waals surface area contributed by atoms with Gasteiger partial charge in [0.15, 0.2) is 11.2 Å². The van der Waals surface area contributed by atoms with Crippen molar-refractivity contribution >= 4 is 46.1 Å². The number of imidazole rings is 1. The predicted molar refractivity (Wildman–Crippen MR) is 113 cm³/mol. The standard InChI is InChI=1S/C18H19Cl2N7O3/c1-23-10-22-16-14(23)17(29)27(18(30)24(16)2)9-13(28)25-3-5-26(6-4-25)15-12(20)7-11(19)8-21-15/h7-8,10H,3-6,9H2,1-2H3. The molecule has 158 valence electrons. The third-order valence-electron chi connectivity index (χ3n) is 5.21. The van der Waals surface area contributed by atoms with Crippen molar-refractivity contribution in [1.29, 1.82) is 0 Å². The number of aryl methyl sites for hydroxylation is 2. The molecule has 0 N–H and O–H groups in total. The van der Waals surface area contributed by atoms with Crippen molar-refractivity contribution < 1.29 is 4.79 Å². The molecule has 3 aromatic rings. The maximum atomic E-state index is 12.8. The summed E-state index contributed by atoms with van der Waals surface area (Å²) in [5.41, 5.74) is -0.539. The van der Waals surface area contributed by atoms with Crippen LogP contribution in [0.5, 0.6) is 0 Å². The number of pyridine rings is 1. The van der Waals surface area contributed by atoms with Crippen molar-refractivity contribution in [3.63, 3.8) is 0 Å². The van der Waals surface area contributed by atoms with E-state index in [4.69, 9.17) is 23.2 Å². The largest absolute Gasteiger partial charge is 0.352 e. The van der Waals surface area contributed by atoms with E-state index in [1.807, 2.05) is 4.90 Å². The maximum absolute atomic E-state index is 12.8. The Morgan fingerprint density at radius 1 is 1.10 bits per heavy atom. The molecule has 3 aromatic heterocycles. The summed E-state index contributed by atoms with van der Waals surface area (Å²) in [6, 6.07) is 1.62. The van der Waals surface area contributed by atoms with E-state index in [1.54, 1.807) is 22.6 Å². The fourth-order valence-corrected chi connectivity index (χ4v) is 4.08. The van der Waals surface area contributed by atoms with E-state index in [0.29, 0.717) is 42.0 Å². The number of amides is 1. The Balaban J connectivity index is 1.51. The van der Waals surface area contributed by atoms with Gasteiger partial charge in [0.25, 0.3) is 5.56 Å². The summed E-state index contributed by atoms with van der Waals surface area (Å²) < 4.78 is 3.77. The fraction of sp³-hybridized carbons (Fsp3) is 0.389. The number of hydrogen-bond acceptors (Lipinski definition) is 6. The number of halogens is 2. The number of carbonyl (C=O) groups is 1. The molecule has 0 aliphatic carbocycles. The molecule has 4 heterocycles. The molecule has 0 unspecified atom stereocenters. The first-order chi connectivity index (χ1) is 14.3. The van der Waals surface area contributed by atoms with Gasteiger partial charge in [0.2, 0.25) is 5.91 Å².